The van der Waals surface area contributed by atoms with E-state index in [0.29, 0.717) is 18.6 Å². The molecule has 0 radical (unpaired) electrons. The summed E-state index contributed by atoms with van der Waals surface area (Å²) in [4.78, 5) is 2.33. The molecule has 16 heavy (non-hydrogen) atoms. The topological polar surface area (TPSA) is 49.5 Å². The van der Waals surface area contributed by atoms with Crippen molar-refractivity contribution in [3.8, 4) is 0 Å². The molecule has 0 aliphatic carbocycles. The van der Waals surface area contributed by atoms with Gasteiger partial charge in [-0.25, -0.2) is 0 Å². The highest BCUT2D eigenvalue weighted by molar-refractivity contribution is 4.91. The summed E-state index contributed by atoms with van der Waals surface area (Å²) >= 11 is 0. The van der Waals surface area contributed by atoms with Crippen molar-refractivity contribution in [3.05, 3.63) is 0 Å². The first-order valence-electron chi connectivity index (χ1n) is 6.37. The SMILES string of the molecule is CCC(N)C(N(CCO)C(C)C)C(C)(C)C. The minimum absolute atomic E-state index is 0.134. The zero-order chi connectivity index (χ0) is 12.9. The molecule has 3 nitrogen and oxygen atoms in total. The van der Waals surface area contributed by atoms with Gasteiger partial charge in [0.15, 0.2) is 0 Å². The number of nitrogens with two attached hydrogens (primary N) is 1. The molecule has 3 heteroatoms. The molecule has 0 saturated heterocycles. The highest BCUT2D eigenvalue weighted by Crippen LogP contribution is 2.28. The number of rotatable bonds is 6. The molecule has 0 bridgehead atoms. The summed E-state index contributed by atoms with van der Waals surface area (Å²) in [7, 11) is 0. The molecule has 2 unspecified atom stereocenters. The summed E-state index contributed by atoms with van der Waals surface area (Å²) in [5.74, 6) is 0. The Hall–Kier alpha value is -0.120. The van der Waals surface area contributed by atoms with Crippen molar-refractivity contribution in [1.82, 2.24) is 4.90 Å². The van der Waals surface area contributed by atoms with Crippen molar-refractivity contribution in [3.63, 3.8) is 0 Å². The largest absolute Gasteiger partial charge is 0.395 e. The Morgan fingerprint density at radius 1 is 1.25 bits per heavy atom. The maximum absolute atomic E-state index is 9.17. The van der Waals surface area contributed by atoms with E-state index < -0.39 is 0 Å². The van der Waals surface area contributed by atoms with Crippen LogP contribution in [0, 0.1) is 5.41 Å². The molecule has 0 aromatic heterocycles. The Kier molecular flexibility index (Phi) is 6.53. The maximum atomic E-state index is 9.17. The Morgan fingerprint density at radius 2 is 1.75 bits per heavy atom. The molecule has 3 N–H and O–H groups in total. The normalized spacial score (nSPS) is 16.9. The van der Waals surface area contributed by atoms with Gasteiger partial charge < -0.3 is 10.8 Å². The molecular weight excluding hydrogens is 200 g/mol. The highest BCUT2D eigenvalue weighted by Gasteiger charge is 2.35. The fourth-order valence-corrected chi connectivity index (χ4v) is 2.44. The van der Waals surface area contributed by atoms with Crippen molar-refractivity contribution >= 4 is 0 Å². The fourth-order valence-electron chi connectivity index (χ4n) is 2.44. The minimum atomic E-state index is 0.134. The minimum Gasteiger partial charge on any atom is -0.395 e. The van der Waals surface area contributed by atoms with Crippen LogP contribution >= 0.6 is 0 Å². The van der Waals surface area contributed by atoms with E-state index in [2.05, 4.69) is 46.4 Å². The zero-order valence-corrected chi connectivity index (χ0v) is 11.8. The van der Waals surface area contributed by atoms with Gasteiger partial charge in [-0.2, -0.15) is 0 Å². The second-order valence-electron chi connectivity index (χ2n) is 5.94. The van der Waals surface area contributed by atoms with Gasteiger partial charge in [0.25, 0.3) is 0 Å². The maximum Gasteiger partial charge on any atom is 0.0558 e. The first-order valence-corrected chi connectivity index (χ1v) is 6.37. The van der Waals surface area contributed by atoms with E-state index in [9.17, 15) is 5.11 Å². The molecule has 0 rings (SSSR count). The number of aliphatic hydroxyl groups excluding tert-OH is 1. The van der Waals surface area contributed by atoms with E-state index in [-0.39, 0.29) is 18.1 Å². The fraction of sp³-hybridized carbons (Fsp3) is 1.00. The molecule has 0 aliphatic heterocycles. The third kappa shape index (κ3) is 4.40. The van der Waals surface area contributed by atoms with Crippen LogP contribution < -0.4 is 5.73 Å². The van der Waals surface area contributed by atoms with Crippen LogP contribution in [0.25, 0.3) is 0 Å². The van der Waals surface area contributed by atoms with Gasteiger partial charge in [-0.15, -0.1) is 0 Å². The van der Waals surface area contributed by atoms with E-state index in [1.165, 1.54) is 0 Å². The molecule has 0 amide bonds. The molecule has 2 atom stereocenters. The number of hydrogen-bond donors (Lipinski definition) is 2. The van der Waals surface area contributed by atoms with E-state index in [4.69, 9.17) is 5.73 Å². The molecule has 98 valence electrons. The van der Waals surface area contributed by atoms with Crippen LogP contribution in [0.2, 0.25) is 0 Å². The summed E-state index contributed by atoms with van der Waals surface area (Å²) in [5, 5.41) is 9.17. The van der Waals surface area contributed by atoms with Gasteiger partial charge in [0.05, 0.1) is 6.61 Å². The van der Waals surface area contributed by atoms with Gasteiger partial charge in [-0.3, -0.25) is 4.90 Å². The Labute approximate surface area is 101 Å². The highest BCUT2D eigenvalue weighted by atomic mass is 16.3. The molecule has 0 aliphatic rings. The van der Waals surface area contributed by atoms with Crippen LogP contribution in [-0.4, -0.2) is 41.3 Å². The van der Waals surface area contributed by atoms with Crippen LogP contribution in [-0.2, 0) is 0 Å². The van der Waals surface area contributed by atoms with Crippen molar-refractivity contribution in [1.29, 1.82) is 0 Å². The average molecular weight is 230 g/mol. The van der Waals surface area contributed by atoms with Gasteiger partial charge in [0.2, 0.25) is 0 Å². The van der Waals surface area contributed by atoms with Crippen LogP contribution in [0.1, 0.15) is 48.0 Å². The molecule has 0 aromatic carbocycles. The first-order chi connectivity index (χ1) is 7.25. The van der Waals surface area contributed by atoms with E-state index >= 15 is 0 Å². The average Bonchev–Trinajstić information content (AvgIpc) is 2.14. The molecule has 0 saturated carbocycles. The zero-order valence-electron chi connectivity index (χ0n) is 11.8. The third-order valence-corrected chi connectivity index (χ3v) is 3.14. The van der Waals surface area contributed by atoms with Gasteiger partial charge >= 0.3 is 0 Å². The van der Waals surface area contributed by atoms with Crippen LogP contribution in [0.4, 0.5) is 0 Å². The molecule has 0 fully saturated rings. The monoisotopic (exact) mass is 230 g/mol. The first kappa shape index (κ1) is 15.9. The van der Waals surface area contributed by atoms with E-state index in [1.807, 2.05) is 0 Å². The number of aliphatic hydroxyl groups is 1. The predicted octanol–water partition coefficient (Wildman–Crippen LogP) is 1.84. The second-order valence-corrected chi connectivity index (χ2v) is 5.94. The van der Waals surface area contributed by atoms with Crippen LogP contribution in [0.15, 0.2) is 0 Å². The lowest BCUT2D eigenvalue weighted by atomic mass is 9.80. The summed E-state index contributed by atoms with van der Waals surface area (Å²) in [6.45, 7) is 14.0. The Bertz CT molecular complexity index is 187. The van der Waals surface area contributed by atoms with Gasteiger partial charge in [-0.1, -0.05) is 27.7 Å². The lowest BCUT2D eigenvalue weighted by Crippen LogP contribution is -2.57. The lowest BCUT2D eigenvalue weighted by Gasteiger charge is -2.45. The van der Waals surface area contributed by atoms with Crippen LogP contribution in [0.5, 0.6) is 0 Å². The third-order valence-electron chi connectivity index (χ3n) is 3.14. The molecule has 0 spiro atoms. The van der Waals surface area contributed by atoms with Crippen molar-refractivity contribution in [2.75, 3.05) is 13.2 Å². The van der Waals surface area contributed by atoms with E-state index in [0.717, 1.165) is 6.42 Å². The van der Waals surface area contributed by atoms with Crippen molar-refractivity contribution in [2.24, 2.45) is 11.1 Å². The van der Waals surface area contributed by atoms with Crippen molar-refractivity contribution < 1.29 is 5.11 Å². The smallest absolute Gasteiger partial charge is 0.0558 e. The molecule has 0 aromatic rings. The second kappa shape index (κ2) is 6.58. The van der Waals surface area contributed by atoms with Crippen LogP contribution in [0.3, 0.4) is 0 Å². The van der Waals surface area contributed by atoms with Gasteiger partial charge in [-0.05, 0) is 25.7 Å². The summed E-state index contributed by atoms with van der Waals surface area (Å²) < 4.78 is 0. The standard InChI is InChI=1S/C13H30N2O/c1-7-11(14)12(13(4,5)6)15(8-9-16)10(2)3/h10-12,16H,7-9,14H2,1-6H3. The molecular formula is C13H30N2O. The summed E-state index contributed by atoms with van der Waals surface area (Å²) in [6.07, 6.45) is 0.969. The quantitative estimate of drug-likeness (QED) is 0.732. The lowest BCUT2D eigenvalue weighted by molar-refractivity contribution is 0.0367. The van der Waals surface area contributed by atoms with Crippen molar-refractivity contribution in [2.45, 2.75) is 66.1 Å². The van der Waals surface area contributed by atoms with E-state index in [1.54, 1.807) is 0 Å². The Morgan fingerprint density at radius 3 is 2.00 bits per heavy atom. The number of nitrogens with zero attached hydrogens (tertiary/aromatic N) is 1. The summed E-state index contributed by atoms with van der Waals surface area (Å²) in [5.41, 5.74) is 6.38. The predicted molar refractivity (Wildman–Crippen MR) is 70.4 cm³/mol. The molecule has 0 heterocycles. The van der Waals surface area contributed by atoms with Gasteiger partial charge in [0.1, 0.15) is 0 Å². The van der Waals surface area contributed by atoms with Gasteiger partial charge in [0, 0.05) is 24.7 Å². The summed E-state index contributed by atoms with van der Waals surface area (Å²) in [6, 6.07) is 0.882. The Balaban J connectivity index is 4.96. The number of hydrogen-bond acceptors (Lipinski definition) is 3.